The first-order chi connectivity index (χ1) is 7.95. The van der Waals surface area contributed by atoms with Crippen LogP contribution in [-0.2, 0) is 0 Å². The molecule has 3 unspecified atom stereocenters. The van der Waals surface area contributed by atoms with Gasteiger partial charge in [-0.1, -0.05) is 53.4 Å². The molecule has 17 heavy (non-hydrogen) atoms. The van der Waals surface area contributed by atoms with Crippen molar-refractivity contribution in [3.05, 3.63) is 0 Å². The molecule has 0 aromatic carbocycles. The van der Waals surface area contributed by atoms with Crippen molar-refractivity contribution in [3.63, 3.8) is 0 Å². The van der Waals surface area contributed by atoms with Gasteiger partial charge in [0.1, 0.15) is 0 Å². The molecule has 0 aliphatic heterocycles. The standard InChI is InChI=1S/C16H33N/c1-5-7-14(4)11-16(17)9-6-8-15(12-16)10-13(2)3/h13-15H,5-12,17H2,1-4H3. The molecule has 0 bridgehead atoms. The Morgan fingerprint density at radius 1 is 1.29 bits per heavy atom. The van der Waals surface area contributed by atoms with Gasteiger partial charge in [0.2, 0.25) is 0 Å². The molecule has 0 heterocycles. The second-order valence-electron chi connectivity index (χ2n) is 7.05. The van der Waals surface area contributed by atoms with Crippen LogP contribution >= 0.6 is 0 Å². The predicted molar refractivity (Wildman–Crippen MR) is 77.0 cm³/mol. The van der Waals surface area contributed by atoms with Crippen LogP contribution in [0.1, 0.15) is 79.1 Å². The third-order valence-electron chi connectivity index (χ3n) is 4.32. The maximum atomic E-state index is 6.66. The Bertz CT molecular complexity index is 212. The highest BCUT2D eigenvalue weighted by Gasteiger charge is 2.33. The smallest absolute Gasteiger partial charge is 0.0159 e. The van der Waals surface area contributed by atoms with E-state index in [1.54, 1.807) is 0 Å². The first-order valence-electron chi connectivity index (χ1n) is 7.74. The van der Waals surface area contributed by atoms with Crippen LogP contribution in [0.4, 0.5) is 0 Å². The highest BCUT2D eigenvalue weighted by Crippen LogP contribution is 2.38. The maximum Gasteiger partial charge on any atom is 0.0159 e. The minimum absolute atomic E-state index is 0.159. The van der Waals surface area contributed by atoms with Crippen LogP contribution in [0.3, 0.4) is 0 Å². The molecule has 1 fully saturated rings. The lowest BCUT2D eigenvalue weighted by atomic mass is 9.70. The van der Waals surface area contributed by atoms with Crippen LogP contribution < -0.4 is 5.73 Å². The minimum Gasteiger partial charge on any atom is -0.325 e. The summed E-state index contributed by atoms with van der Waals surface area (Å²) >= 11 is 0. The van der Waals surface area contributed by atoms with E-state index in [4.69, 9.17) is 5.73 Å². The number of hydrogen-bond donors (Lipinski definition) is 1. The monoisotopic (exact) mass is 239 g/mol. The second kappa shape index (κ2) is 6.78. The highest BCUT2D eigenvalue weighted by molar-refractivity contribution is 4.91. The lowest BCUT2D eigenvalue weighted by Gasteiger charge is -2.40. The molecule has 0 aromatic heterocycles. The van der Waals surface area contributed by atoms with Crippen molar-refractivity contribution in [2.45, 2.75) is 84.6 Å². The van der Waals surface area contributed by atoms with Gasteiger partial charge in [-0.2, -0.15) is 0 Å². The Kier molecular flexibility index (Phi) is 5.99. The fourth-order valence-electron chi connectivity index (χ4n) is 3.86. The number of hydrogen-bond acceptors (Lipinski definition) is 1. The predicted octanol–water partition coefficient (Wildman–Crippen LogP) is 4.75. The first-order valence-corrected chi connectivity index (χ1v) is 7.74. The summed E-state index contributed by atoms with van der Waals surface area (Å²) in [5.74, 6) is 2.53. The van der Waals surface area contributed by atoms with Crippen LogP contribution in [0.15, 0.2) is 0 Å². The lowest BCUT2D eigenvalue weighted by Crippen LogP contribution is -2.45. The summed E-state index contributed by atoms with van der Waals surface area (Å²) in [5, 5.41) is 0. The van der Waals surface area contributed by atoms with Gasteiger partial charge in [-0.15, -0.1) is 0 Å². The number of nitrogens with two attached hydrogens (primary N) is 1. The normalized spacial score (nSPS) is 31.8. The molecule has 0 aromatic rings. The molecule has 1 aliphatic rings. The summed E-state index contributed by atoms with van der Waals surface area (Å²) < 4.78 is 0. The summed E-state index contributed by atoms with van der Waals surface area (Å²) in [6, 6.07) is 0. The van der Waals surface area contributed by atoms with E-state index in [0.29, 0.717) is 0 Å². The molecule has 102 valence electrons. The van der Waals surface area contributed by atoms with Gasteiger partial charge >= 0.3 is 0 Å². The summed E-state index contributed by atoms with van der Waals surface area (Å²) in [5.41, 5.74) is 6.82. The Labute approximate surface area is 109 Å². The van der Waals surface area contributed by atoms with Crippen molar-refractivity contribution in [1.82, 2.24) is 0 Å². The Hall–Kier alpha value is -0.0400. The van der Waals surface area contributed by atoms with Gasteiger partial charge in [0.05, 0.1) is 0 Å². The van der Waals surface area contributed by atoms with Crippen LogP contribution in [-0.4, -0.2) is 5.54 Å². The summed E-state index contributed by atoms with van der Waals surface area (Å²) in [4.78, 5) is 0. The van der Waals surface area contributed by atoms with E-state index < -0.39 is 0 Å². The zero-order valence-electron chi connectivity index (χ0n) is 12.5. The number of rotatable bonds is 6. The Morgan fingerprint density at radius 3 is 2.59 bits per heavy atom. The lowest BCUT2D eigenvalue weighted by molar-refractivity contribution is 0.171. The summed E-state index contributed by atoms with van der Waals surface area (Å²) in [6.07, 6.45) is 10.6. The van der Waals surface area contributed by atoms with Crippen molar-refractivity contribution in [1.29, 1.82) is 0 Å². The van der Waals surface area contributed by atoms with Crippen LogP contribution in [0.5, 0.6) is 0 Å². The van der Waals surface area contributed by atoms with E-state index in [-0.39, 0.29) is 5.54 Å². The summed E-state index contributed by atoms with van der Waals surface area (Å²) in [6.45, 7) is 9.34. The maximum absolute atomic E-state index is 6.66. The van der Waals surface area contributed by atoms with Crippen molar-refractivity contribution >= 4 is 0 Å². The van der Waals surface area contributed by atoms with E-state index in [2.05, 4.69) is 27.7 Å². The largest absolute Gasteiger partial charge is 0.325 e. The quantitative estimate of drug-likeness (QED) is 0.711. The molecule has 2 N–H and O–H groups in total. The van der Waals surface area contributed by atoms with Crippen LogP contribution in [0, 0.1) is 17.8 Å². The van der Waals surface area contributed by atoms with Crippen molar-refractivity contribution in [2.75, 3.05) is 0 Å². The molecule has 0 radical (unpaired) electrons. The Balaban J connectivity index is 2.45. The van der Waals surface area contributed by atoms with E-state index in [0.717, 1.165) is 17.8 Å². The van der Waals surface area contributed by atoms with Gasteiger partial charge in [-0.05, 0) is 43.4 Å². The van der Waals surface area contributed by atoms with Gasteiger partial charge in [0, 0.05) is 5.54 Å². The van der Waals surface area contributed by atoms with Gasteiger partial charge < -0.3 is 5.73 Å². The highest BCUT2D eigenvalue weighted by atomic mass is 14.7. The molecule has 3 atom stereocenters. The minimum atomic E-state index is 0.159. The van der Waals surface area contributed by atoms with Gasteiger partial charge in [-0.25, -0.2) is 0 Å². The zero-order chi connectivity index (χ0) is 12.9. The van der Waals surface area contributed by atoms with E-state index in [1.165, 1.54) is 51.4 Å². The topological polar surface area (TPSA) is 26.0 Å². The van der Waals surface area contributed by atoms with E-state index >= 15 is 0 Å². The Morgan fingerprint density at radius 2 is 2.00 bits per heavy atom. The average molecular weight is 239 g/mol. The summed E-state index contributed by atoms with van der Waals surface area (Å²) in [7, 11) is 0. The molecule has 0 amide bonds. The van der Waals surface area contributed by atoms with E-state index in [1.807, 2.05) is 0 Å². The van der Waals surface area contributed by atoms with Crippen molar-refractivity contribution in [3.8, 4) is 0 Å². The zero-order valence-corrected chi connectivity index (χ0v) is 12.5. The van der Waals surface area contributed by atoms with Crippen LogP contribution in [0.2, 0.25) is 0 Å². The molecule has 0 saturated heterocycles. The molecular weight excluding hydrogens is 206 g/mol. The van der Waals surface area contributed by atoms with Gasteiger partial charge in [-0.3, -0.25) is 0 Å². The molecule has 1 rings (SSSR count). The van der Waals surface area contributed by atoms with Crippen LogP contribution in [0.25, 0.3) is 0 Å². The van der Waals surface area contributed by atoms with Gasteiger partial charge in [0.25, 0.3) is 0 Å². The van der Waals surface area contributed by atoms with E-state index in [9.17, 15) is 0 Å². The molecule has 0 spiro atoms. The molecule has 1 aliphatic carbocycles. The molecule has 1 heteroatoms. The first kappa shape index (κ1) is 15.0. The average Bonchev–Trinajstić information content (AvgIpc) is 2.15. The van der Waals surface area contributed by atoms with Crippen molar-refractivity contribution < 1.29 is 0 Å². The molecular formula is C16H33N. The second-order valence-corrected chi connectivity index (χ2v) is 7.05. The SMILES string of the molecule is CCCC(C)CC1(N)CCCC(CC(C)C)C1. The third-order valence-corrected chi connectivity index (χ3v) is 4.32. The van der Waals surface area contributed by atoms with Gasteiger partial charge in [0.15, 0.2) is 0 Å². The fraction of sp³-hybridized carbons (Fsp3) is 1.00. The fourth-order valence-corrected chi connectivity index (χ4v) is 3.86. The third kappa shape index (κ3) is 5.42. The molecule has 1 nitrogen and oxygen atoms in total. The van der Waals surface area contributed by atoms with Crippen molar-refractivity contribution in [2.24, 2.45) is 23.5 Å². The molecule has 1 saturated carbocycles.